The minimum absolute atomic E-state index is 0.0611. The Kier molecular flexibility index (Phi) is 6.74. The van der Waals surface area contributed by atoms with E-state index in [0.717, 1.165) is 5.56 Å². The second-order valence-electron chi connectivity index (χ2n) is 6.23. The Bertz CT molecular complexity index is 742. The van der Waals surface area contributed by atoms with Crippen molar-refractivity contribution >= 4 is 17.6 Å². The van der Waals surface area contributed by atoms with Gasteiger partial charge in [0.25, 0.3) is 0 Å². The average molecular weight is 355 g/mol. The Hall–Kier alpha value is -2.86. The number of nitrogens with one attached hydrogen (secondary N) is 2. The van der Waals surface area contributed by atoms with E-state index in [1.165, 1.54) is 5.56 Å². The monoisotopic (exact) mass is 355 g/mol. The molecule has 2 rings (SSSR count). The first-order chi connectivity index (χ1) is 12.4. The van der Waals surface area contributed by atoms with E-state index >= 15 is 0 Å². The van der Waals surface area contributed by atoms with Crippen molar-refractivity contribution in [3.8, 4) is 5.75 Å². The lowest BCUT2D eigenvalue weighted by Crippen LogP contribution is -2.41. The molecule has 1 atom stereocenters. The van der Waals surface area contributed by atoms with E-state index in [9.17, 15) is 9.59 Å². The van der Waals surface area contributed by atoms with Crippen LogP contribution in [0.5, 0.6) is 5.75 Å². The van der Waals surface area contributed by atoms with Crippen molar-refractivity contribution in [1.29, 1.82) is 0 Å². The van der Waals surface area contributed by atoms with Gasteiger partial charge in [-0.3, -0.25) is 15.0 Å². The molecule has 0 aliphatic rings. The first-order valence-corrected chi connectivity index (χ1v) is 8.40. The van der Waals surface area contributed by atoms with Crippen LogP contribution in [0.2, 0.25) is 0 Å². The van der Waals surface area contributed by atoms with Gasteiger partial charge in [0.2, 0.25) is 5.91 Å². The summed E-state index contributed by atoms with van der Waals surface area (Å²) in [6, 6.07) is 14.5. The fourth-order valence-electron chi connectivity index (χ4n) is 2.47. The maximum Gasteiger partial charge on any atom is 0.325 e. The minimum atomic E-state index is -0.559. The van der Waals surface area contributed by atoms with Crippen molar-refractivity contribution in [2.45, 2.75) is 19.9 Å². The summed E-state index contributed by atoms with van der Waals surface area (Å²) in [5, 5.41) is 4.96. The Labute approximate surface area is 154 Å². The molecule has 0 heterocycles. The van der Waals surface area contributed by atoms with Crippen molar-refractivity contribution in [2.24, 2.45) is 0 Å². The highest BCUT2D eigenvalue weighted by Crippen LogP contribution is 2.18. The Balaban J connectivity index is 1.84. The minimum Gasteiger partial charge on any atom is -0.497 e. The largest absolute Gasteiger partial charge is 0.497 e. The maximum atomic E-state index is 12.1. The summed E-state index contributed by atoms with van der Waals surface area (Å²) in [7, 11) is 3.42. The Morgan fingerprint density at radius 1 is 1.08 bits per heavy atom. The summed E-state index contributed by atoms with van der Waals surface area (Å²) in [5.41, 5.74) is 2.89. The molecule has 0 aromatic heterocycles. The van der Waals surface area contributed by atoms with E-state index in [4.69, 9.17) is 4.74 Å². The third-order valence-electron chi connectivity index (χ3n) is 4.21. The van der Waals surface area contributed by atoms with Crippen molar-refractivity contribution in [3.63, 3.8) is 0 Å². The number of hydrogen-bond donors (Lipinski definition) is 2. The number of amides is 3. The summed E-state index contributed by atoms with van der Waals surface area (Å²) in [4.78, 5) is 25.9. The van der Waals surface area contributed by atoms with Gasteiger partial charge in [0.15, 0.2) is 0 Å². The van der Waals surface area contributed by atoms with Crippen molar-refractivity contribution in [3.05, 3.63) is 59.7 Å². The molecule has 0 spiro atoms. The lowest BCUT2D eigenvalue weighted by atomic mass is 10.1. The number of methoxy groups -OCH3 is 1. The van der Waals surface area contributed by atoms with E-state index in [1.54, 1.807) is 31.4 Å². The molecule has 0 aliphatic carbocycles. The highest BCUT2D eigenvalue weighted by molar-refractivity contribution is 6.01. The molecule has 2 aromatic rings. The van der Waals surface area contributed by atoms with Gasteiger partial charge < -0.3 is 10.1 Å². The van der Waals surface area contributed by atoms with E-state index in [-0.39, 0.29) is 18.5 Å². The summed E-state index contributed by atoms with van der Waals surface area (Å²) < 4.78 is 5.06. The zero-order valence-electron chi connectivity index (χ0n) is 15.6. The van der Waals surface area contributed by atoms with E-state index in [2.05, 4.69) is 10.6 Å². The number of imide groups is 1. The number of benzene rings is 2. The van der Waals surface area contributed by atoms with Crippen LogP contribution in [0.4, 0.5) is 10.5 Å². The predicted molar refractivity (Wildman–Crippen MR) is 102 cm³/mol. The molecule has 6 heteroatoms. The number of likely N-dealkylation sites (N-methyl/N-ethyl adjacent to an activating group) is 1. The fourth-order valence-corrected chi connectivity index (χ4v) is 2.47. The molecule has 6 nitrogen and oxygen atoms in total. The predicted octanol–water partition coefficient (Wildman–Crippen LogP) is 3.34. The molecule has 0 saturated carbocycles. The van der Waals surface area contributed by atoms with Gasteiger partial charge in [0.1, 0.15) is 5.75 Å². The fraction of sp³-hybridized carbons (Fsp3) is 0.300. The van der Waals surface area contributed by atoms with E-state index < -0.39 is 6.03 Å². The molecule has 3 amide bonds. The summed E-state index contributed by atoms with van der Waals surface area (Å²) in [6.07, 6.45) is 0. The topological polar surface area (TPSA) is 70.7 Å². The Morgan fingerprint density at radius 2 is 1.69 bits per heavy atom. The van der Waals surface area contributed by atoms with Gasteiger partial charge in [0, 0.05) is 11.7 Å². The number of carbonyl (C=O) groups is 2. The van der Waals surface area contributed by atoms with Gasteiger partial charge in [0.05, 0.1) is 13.7 Å². The van der Waals surface area contributed by atoms with Crippen molar-refractivity contribution in [1.82, 2.24) is 10.2 Å². The third-order valence-corrected chi connectivity index (χ3v) is 4.21. The number of nitrogens with zero attached hydrogens (tertiary/aromatic N) is 1. The first-order valence-electron chi connectivity index (χ1n) is 8.40. The number of hydrogen-bond acceptors (Lipinski definition) is 4. The van der Waals surface area contributed by atoms with Gasteiger partial charge in [-0.2, -0.15) is 0 Å². The molecule has 138 valence electrons. The van der Waals surface area contributed by atoms with Gasteiger partial charge in [-0.1, -0.05) is 29.8 Å². The molecular formula is C20H25N3O3. The molecule has 0 fully saturated rings. The zero-order chi connectivity index (χ0) is 19.1. The quantitative estimate of drug-likeness (QED) is 0.834. The number of aryl methyl sites for hydroxylation is 1. The van der Waals surface area contributed by atoms with Crippen molar-refractivity contribution < 1.29 is 14.3 Å². The van der Waals surface area contributed by atoms with E-state index in [0.29, 0.717) is 11.4 Å². The standard InChI is InChI=1S/C20H25N3O3/c1-14-5-7-16(8-6-14)15(2)23(3)13-19(24)22-20(25)21-17-9-11-18(26-4)12-10-17/h5-12,15H,13H2,1-4H3,(H2,21,22,24,25). The van der Waals surface area contributed by atoms with Crippen LogP contribution < -0.4 is 15.4 Å². The first kappa shape index (κ1) is 19.5. The molecule has 0 bridgehead atoms. The molecule has 2 N–H and O–H groups in total. The number of urea groups is 1. The normalized spacial score (nSPS) is 11.7. The molecular weight excluding hydrogens is 330 g/mol. The second-order valence-corrected chi connectivity index (χ2v) is 6.23. The molecule has 0 aliphatic heterocycles. The summed E-state index contributed by atoms with van der Waals surface area (Å²) in [6.45, 7) is 4.17. The van der Waals surface area contributed by atoms with Crippen LogP contribution in [-0.4, -0.2) is 37.5 Å². The van der Waals surface area contributed by atoms with Crippen LogP contribution in [0.3, 0.4) is 0 Å². The third kappa shape index (κ3) is 5.60. The molecule has 0 radical (unpaired) electrons. The molecule has 26 heavy (non-hydrogen) atoms. The number of anilines is 1. The Morgan fingerprint density at radius 3 is 2.27 bits per heavy atom. The number of rotatable bonds is 6. The molecule has 0 saturated heterocycles. The van der Waals surface area contributed by atoms with Gasteiger partial charge in [-0.25, -0.2) is 4.79 Å². The van der Waals surface area contributed by atoms with Gasteiger partial charge in [-0.05, 0) is 50.7 Å². The smallest absolute Gasteiger partial charge is 0.325 e. The second kappa shape index (κ2) is 9.01. The van der Waals surface area contributed by atoms with Crippen LogP contribution in [0.1, 0.15) is 24.1 Å². The lowest BCUT2D eigenvalue weighted by Gasteiger charge is -2.24. The number of carbonyl (C=O) groups excluding carboxylic acids is 2. The summed E-state index contributed by atoms with van der Waals surface area (Å²) >= 11 is 0. The average Bonchev–Trinajstić information content (AvgIpc) is 2.62. The van der Waals surface area contributed by atoms with Crippen LogP contribution in [0, 0.1) is 6.92 Å². The number of ether oxygens (including phenoxy) is 1. The van der Waals surface area contributed by atoms with E-state index in [1.807, 2.05) is 50.1 Å². The van der Waals surface area contributed by atoms with Gasteiger partial charge in [-0.15, -0.1) is 0 Å². The molecule has 2 aromatic carbocycles. The van der Waals surface area contributed by atoms with Gasteiger partial charge >= 0.3 is 6.03 Å². The van der Waals surface area contributed by atoms with Crippen molar-refractivity contribution in [2.75, 3.05) is 26.0 Å². The zero-order valence-corrected chi connectivity index (χ0v) is 15.6. The maximum absolute atomic E-state index is 12.1. The van der Waals surface area contributed by atoms with Crippen LogP contribution in [0.25, 0.3) is 0 Å². The highest BCUT2D eigenvalue weighted by Gasteiger charge is 2.16. The lowest BCUT2D eigenvalue weighted by molar-refractivity contribution is -0.121. The summed E-state index contributed by atoms with van der Waals surface area (Å²) in [5.74, 6) is 0.330. The van der Waals surface area contributed by atoms with Crippen LogP contribution >= 0.6 is 0 Å². The highest BCUT2D eigenvalue weighted by atomic mass is 16.5. The van der Waals surface area contributed by atoms with Crippen LogP contribution in [-0.2, 0) is 4.79 Å². The SMILES string of the molecule is COc1ccc(NC(=O)NC(=O)CN(C)C(C)c2ccc(C)cc2)cc1. The molecule has 1 unspecified atom stereocenters. The van der Waals surface area contributed by atoms with Crippen LogP contribution in [0.15, 0.2) is 48.5 Å².